The number of nitrogens with one attached hydrogen (secondary N) is 2. The highest BCUT2D eigenvalue weighted by atomic mass is 16.5. The van der Waals surface area contributed by atoms with Crippen molar-refractivity contribution in [1.82, 2.24) is 10.2 Å². The Morgan fingerprint density at radius 1 is 0.980 bits per heavy atom. The third-order valence-electron chi connectivity index (χ3n) is 11.9. The van der Waals surface area contributed by atoms with Crippen LogP contribution in [0.15, 0.2) is 45.5 Å². The highest BCUT2D eigenvalue weighted by molar-refractivity contribution is 6.17. The summed E-state index contributed by atoms with van der Waals surface area (Å²) in [6, 6.07) is 0.824. The number of nitrogens with zero attached hydrogens (tertiary/aromatic N) is 2. The first kappa shape index (κ1) is 41.5. The van der Waals surface area contributed by atoms with Crippen molar-refractivity contribution < 1.29 is 4.74 Å². The number of aliphatic imine (C=N–C) groups is 1. The van der Waals surface area contributed by atoms with Crippen LogP contribution in [0.3, 0.4) is 0 Å². The van der Waals surface area contributed by atoms with Crippen LogP contribution in [0.2, 0.25) is 0 Å². The Labute approximate surface area is 307 Å². The molecule has 0 radical (unpaired) electrons. The Hall–Kier alpha value is -2.92. The molecule has 2 fully saturated rings. The molecule has 2 unspecified atom stereocenters. The minimum absolute atomic E-state index is 0.302. The molecule has 278 valence electrons. The molecule has 1 saturated heterocycles. The average Bonchev–Trinajstić information content (AvgIpc) is 3.76. The smallest absolute Gasteiger partial charge is 0.185 e. The number of rotatable bonds is 17. The van der Waals surface area contributed by atoms with Crippen LogP contribution in [0.4, 0.5) is 5.69 Å². The molecule has 5 nitrogen and oxygen atoms in total. The van der Waals surface area contributed by atoms with Gasteiger partial charge >= 0.3 is 0 Å². The van der Waals surface area contributed by atoms with Gasteiger partial charge < -0.3 is 15.0 Å². The van der Waals surface area contributed by atoms with Crippen molar-refractivity contribution in [2.24, 2.45) is 16.3 Å². The molecular weight excluding hydrogens is 613 g/mol. The van der Waals surface area contributed by atoms with Gasteiger partial charge in [-0.1, -0.05) is 65.3 Å². The lowest BCUT2D eigenvalue weighted by molar-refractivity contribution is 0.217. The summed E-state index contributed by atoms with van der Waals surface area (Å²) in [4.78, 5) is 8.03. The van der Waals surface area contributed by atoms with Crippen molar-refractivity contribution in [3.05, 3.63) is 68.3 Å². The van der Waals surface area contributed by atoms with Crippen LogP contribution in [0.5, 0.6) is 0 Å². The Balaban J connectivity index is 2.38. The highest BCUT2D eigenvalue weighted by Gasteiger charge is 2.42. The number of hydrogen-bond acceptors (Lipinski definition) is 5. The zero-order valence-corrected chi connectivity index (χ0v) is 34.6. The maximum atomic E-state index is 10.1. The van der Waals surface area contributed by atoms with Gasteiger partial charge in [-0.15, -0.1) is 0 Å². The van der Waals surface area contributed by atoms with E-state index >= 15 is 0 Å². The quantitative estimate of drug-likeness (QED) is 0.0975. The largest absolute Gasteiger partial charge is 0.480 e. The molecule has 1 aliphatic carbocycles. The third kappa shape index (κ3) is 9.11. The van der Waals surface area contributed by atoms with Crippen molar-refractivity contribution in [1.29, 1.82) is 5.41 Å². The topological polar surface area (TPSA) is 60.7 Å². The van der Waals surface area contributed by atoms with E-state index in [4.69, 9.17) is 16.3 Å². The molecule has 0 amide bonds. The lowest BCUT2D eigenvalue weighted by atomic mass is 9.80. The first-order valence-corrected chi connectivity index (χ1v) is 19.8. The molecule has 3 rings (SSSR count). The van der Waals surface area contributed by atoms with E-state index in [2.05, 4.69) is 106 Å². The Kier molecular flexibility index (Phi) is 15.0. The van der Waals surface area contributed by atoms with E-state index in [0.29, 0.717) is 41.6 Å². The molecule has 1 heterocycles. The second-order valence-electron chi connectivity index (χ2n) is 15.8. The molecule has 2 atom stereocenters. The first-order valence-electron chi connectivity index (χ1n) is 19.8. The van der Waals surface area contributed by atoms with Gasteiger partial charge in [-0.2, -0.15) is 0 Å². The summed E-state index contributed by atoms with van der Waals surface area (Å²) in [6.45, 7) is 38.4. The molecule has 50 heavy (non-hydrogen) atoms. The van der Waals surface area contributed by atoms with Crippen molar-refractivity contribution in [2.75, 3.05) is 19.7 Å². The van der Waals surface area contributed by atoms with Gasteiger partial charge in [-0.3, -0.25) is 5.41 Å². The number of benzene rings is 1. The fraction of sp³-hybridized carbons (Fsp3) is 0.644. The van der Waals surface area contributed by atoms with E-state index in [-0.39, 0.29) is 0 Å². The summed E-state index contributed by atoms with van der Waals surface area (Å²) in [5.41, 5.74) is 14.4. The van der Waals surface area contributed by atoms with Crippen LogP contribution in [0.1, 0.15) is 156 Å². The van der Waals surface area contributed by atoms with E-state index in [0.717, 1.165) is 84.4 Å². The summed E-state index contributed by atoms with van der Waals surface area (Å²) in [5.74, 6) is 1.31. The van der Waals surface area contributed by atoms with Crippen LogP contribution in [-0.2, 0) is 17.6 Å². The van der Waals surface area contributed by atoms with Crippen molar-refractivity contribution in [3.8, 4) is 0 Å². The highest BCUT2D eigenvalue weighted by Crippen LogP contribution is 2.49. The van der Waals surface area contributed by atoms with Gasteiger partial charge in [0.25, 0.3) is 0 Å². The fourth-order valence-corrected chi connectivity index (χ4v) is 7.89. The predicted molar refractivity (Wildman–Crippen MR) is 219 cm³/mol. The minimum Gasteiger partial charge on any atom is -0.480 e. The van der Waals surface area contributed by atoms with Gasteiger partial charge in [-0.05, 0) is 140 Å². The molecule has 1 aromatic rings. The summed E-state index contributed by atoms with van der Waals surface area (Å²) in [6.07, 6.45) is 10.8. The SMILES string of the molecule is C=C(c1c(CC)c(CC)c(C(=N)/C(C(C)=C(C)C)=C(C)\C(C)=C/C)c(C)c1N=C(C)OCC1(CC)CC1)N1C(CC)CCC1CNCC(C)C. The van der Waals surface area contributed by atoms with Gasteiger partial charge in [0.15, 0.2) is 5.90 Å². The number of ether oxygens (including phenoxy) is 1. The zero-order chi connectivity index (χ0) is 37.5. The molecule has 1 aliphatic heterocycles. The third-order valence-corrected chi connectivity index (χ3v) is 11.9. The van der Waals surface area contributed by atoms with Crippen LogP contribution in [0, 0.1) is 23.7 Å². The van der Waals surface area contributed by atoms with Gasteiger partial charge in [0.1, 0.15) is 0 Å². The second kappa shape index (κ2) is 18.0. The van der Waals surface area contributed by atoms with E-state index in [1.54, 1.807) is 0 Å². The van der Waals surface area contributed by atoms with Gasteiger partial charge in [0.2, 0.25) is 0 Å². The first-order chi connectivity index (χ1) is 23.6. The zero-order valence-electron chi connectivity index (χ0n) is 34.6. The summed E-state index contributed by atoms with van der Waals surface area (Å²) >= 11 is 0. The number of likely N-dealkylation sites (tertiary alicyclic amines) is 1. The van der Waals surface area contributed by atoms with Gasteiger partial charge in [0.05, 0.1) is 18.0 Å². The predicted octanol–water partition coefficient (Wildman–Crippen LogP) is 11.8. The molecule has 2 aliphatic rings. The summed E-state index contributed by atoms with van der Waals surface area (Å²) in [5, 5.41) is 13.8. The summed E-state index contributed by atoms with van der Waals surface area (Å²) in [7, 11) is 0. The lowest BCUT2D eigenvalue weighted by Crippen LogP contribution is -2.41. The van der Waals surface area contributed by atoms with Crippen LogP contribution >= 0.6 is 0 Å². The Morgan fingerprint density at radius 3 is 2.08 bits per heavy atom. The van der Waals surface area contributed by atoms with Crippen LogP contribution in [0.25, 0.3) is 5.70 Å². The lowest BCUT2D eigenvalue weighted by Gasteiger charge is -2.36. The maximum absolute atomic E-state index is 10.1. The second-order valence-corrected chi connectivity index (χ2v) is 15.8. The molecule has 5 heteroatoms. The molecular formula is C45H72N4O. The van der Waals surface area contributed by atoms with Gasteiger partial charge in [0, 0.05) is 53.4 Å². The van der Waals surface area contributed by atoms with Crippen molar-refractivity contribution in [2.45, 2.75) is 160 Å². The van der Waals surface area contributed by atoms with Crippen LogP contribution < -0.4 is 5.32 Å². The molecule has 0 spiro atoms. The Morgan fingerprint density at radius 2 is 1.58 bits per heavy atom. The van der Waals surface area contributed by atoms with Crippen LogP contribution in [-0.4, -0.2) is 48.3 Å². The van der Waals surface area contributed by atoms with E-state index in [1.807, 2.05) is 6.92 Å². The van der Waals surface area contributed by atoms with E-state index < -0.39 is 0 Å². The average molecular weight is 685 g/mol. The fourth-order valence-electron chi connectivity index (χ4n) is 7.89. The maximum Gasteiger partial charge on any atom is 0.185 e. The van der Waals surface area contributed by atoms with Gasteiger partial charge in [-0.25, -0.2) is 4.99 Å². The number of hydrogen-bond donors (Lipinski definition) is 2. The molecule has 2 N–H and O–H groups in total. The molecule has 1 aromatic carbocycles. The number of allylic oxidation sites excluding steroid dienone is 6. The standard InChI is InChI=1S/C45H72N4O/c1-16-30(10)32(12)40(31(11)29(8)9)43(46)41-33(13)44(48-35(15)50-27-45(20-5)23-24-45)42(39(19-4)38(41)18-3)34(14)49-36(17-2)21-22-37(49)26-47-25-28(6)7/h16,28,36-37,46-47H,14,17-27H2,1-13,15H3/b30-16-,40-32-,46-43?,48-35?. The van der Waals surface area contributed by atoms with Crippen molar-refractivity contribution in [3.63, 3.8) is 0 Å². The van der Waals surface area contributed by atoms with Crippen molar-refractivity contribution >= 4 is 23.0 Å². The van der Waals surface area contributed by atoms with E-state index in [9.17, 15) is 5.41 Å². The Bertz CT molecular complexity index is 1530. The normalized spacial score (nSPS) is 19.5. The molecule has 0 aromatic heterocycles. The van der Waals surface area contributed by atoms with E-state index in [1.165, 1.54) is 47.1 Å². The molecule has 0 bridgehead atoms. The monoisotopic (exact) mass is 685 g/mol. The summed E-state index contributed by atoms with van der Waals surface area (Å²) < 4.78 is 6.47. The molecule has 1 saturated carbocycles. The minimum atomic E-state index is 0.302.